The van der Waals surface area contributed by atoms with E-state index in [0.717, 1.165) is 12.3 Å². The van der Waals surface area contributed by atoms with Gasteiger partial charge < -0.3 is 14.9 Å². The van der Waals surface area contributed by atoms with Crippen LogP contribution in [0.25, 0.3) is 0 Å². The topological polar surface area (TPSA) is 52.9 Å². The van der Waals surface area contributed by atoms with E-state index in [2.05, 4.69) is 0 Å². The van der Waals surface area contributed by atoms with Crippen molar-refractivity contribution in [1.82, 2.24) is 4.90 Å². The summed E-state index contributed by atoms with van der Waals surface area (Å²) in [6.45, 7) is 2.71. The molecular weight excluding hydrogens is 182 g/mol. The number of allylic oxidation sites excluding steroid dienone is 3. The molecule has 0 bridgehead atoms. The summed E-state index contributed by atoms with van der Waals surface area (Å²) < 4.78 is 5.37. The van der Waals surface area contributed by atoms with E-state index in [1.807, 2.05) is 23.1 Å². The molecule has 0 radical (unpaired) electrons. The van der Waals surface area contributed by atoms with Gasteiger partial charge in [0, 0.05) is 19.6 Å². The van der Waals surface area contributed by atoms with Gasteiger partial charge >= 0.3 is 0 Å². The van der Waals surface area contributed by atoms with Gasteiger partial charge in [-0.05, 0) is 12.2 Å². The smallest absolute Gasteiger partial charge is 0.119 e. The first-order valence-electron chi connectivity index (χ1n) is 4.82. The number of ether oxygens (including phenoxy) is 1. The van der Waals surface area contributed by atoms with Gasteiger partial charge in [0.1, 0.15) is 12.4 Å². The molecule has 4 nitrogen and oxygen atoms in total. The van der Waals surface area contributed by atoms with Crippen molar-refractivity contribution in [2.75, 3.05) is 39.5 Å². The lowest BCUT2D eigenvalue weighted by Crippen LogP contribution is -2.32. The molecule has 0 aromatic rings. The summed E-state index contributed by atoms with van der Waals surface area (Å²) >= 11 is 0. The largest absolute Gasteiger partial charge is 0.492 e. The van der Waals surface area contributed by atoms with Gasteiger partial charge in [-0.3, -0.25) is 4.90 Å². The summed E-state index contributed by atoms with van der Waals surface area (Å²) in [5.74, 6) is 0.901. The van der Waals surface area contributed by atoms with Crippen LogP contribution >= 0.6 is 0 Å². The Balaban J connectivity index is 2.05. The maximum atomic E-state index is 8.74. The van der Waals surface area contributed by atoms with Crippen molar-refractivity contribution in [1.29, 1.82) is 0 Å². The van der Waals surface area contributed by atoms with Crippen LogP contribution in [-0.2, 0) is 4.74 Å². The van der Waals surface area contributed by atoms with Crippen LogP contribution in [0.1, 0.15) is 0 Å². The fraction of sp³-hybridized carbons (Fsp3) is 0.600. The molecule has 0 aliphatic heterocycles. The number of aliphatic hydroxyl groups is 2. The quantitative estimate of drug-likeness (QED) is 0.565. The van der Waals surface area contributed by atoms with E-state index in [0.29, 0.717) is 19.7 Å². The van der Waals surface area contributed by atoms with Gasteiger partial charge in [-0.15, -0.1) is 0 Å². The number of hydrogen-bond donors (Lipinski definition) is 2. The Bertz CT molecular complexity index is 207. The zero-order valence-electron chi connectivity index (χ0n) is 8.22. The van der Waals surface area contributed by atoms with E-state index in [1.165, 1.54) is 0 Å². The molecule has 80 valence electrons. The second-order valence-electron chi connectivity index (χ2n) is 3.07. The van der Waals surface area contributed by atoms with Crippen molar-refractivity contribution in [3.8, 4) is 0 Å². The van der Waals surface area contributed by atoms with Crippen molar-refractivity contribution >= 4 is 0 Å². The Morgan fingerprint density at radius 2 is 1.79 bits per heavy atom. The normalized spacial score (nSPS) is 14.1. The maximum absolute atomic E-state index is 8.74. The number of aliphatic hydroxyl groups excluding tert-OH is 2. The van der Waals surface area contributed by atoms with Crippen LogP contribution in [0.4, 0.5) is 0 Å². The van der Waals surface area contributed by atoms with E-state index in [9.17, 15) is 0 Å². The van der Waals surface area contributed by atoms with Gasteiger partial charge in [0.05, 0.1) is 13.2 Å². The zero-order valence-corrected chi connectivity index (χ0v) is 8.22. The molecule has 0 fully saturated rings. The van der Waals surface area contributed by atoms with Crippen LogP contribution in [0, 0.1) is 0 Å². The van der Waals surface area contributed by atoms with Crippen LogP contribution in [-0.4, -0.2) is 54.6 Å². The summed E-state index contributed by atoms with van der Waals surface area (Å²) in [7, 11) is 0. The summed E-state index contributed by atoms with van der Waals surface area (Å²) in [5.41, 5.74) is 0. The molecule has 0 amide bonds. The molecule has 0 aromatic heterocycles. The van der Waals surface area contributed by atoms with Crippen LogP contribution in [0.3, 0.4) is 0 Å². The number of rotatable bonds is 8. The highest BCUT2D eigenvalue weighted by Crippen LogP contribution is 2.08. The minimum atomic E-state index is 0.114. The fourth-order valence-electron chi connectivity index (χ4n) is 1.18. The lowest BCUT2D eigenvalue weighted by molar-refractivity contribution is 0.123. The van der Waals surface area contributed by atoms with E-state index in [4.69, 9.17) is 14.9 Å². The van der Waals surface area contributed by atoms with E-state index in [1.54, 1.807) is 0 Å². The van der Waals surface area contributed by atoms with Crippen molar-refractivity contribution < 1.29 is 14.9 Å². The predicted molar refractivity (Wildman–Crippen MR) is 53.8 cm³/mol. The van der Waals surface area contributed by atoms with Crippen LogP contribution in [0.15, 0.2) is 24.0 Å². The Hall–Kier alpha value is -0.840. The summed E-state index contributed by atoms with van der Waals surface area (Å²) in [5, 5.41) is 17.5. The molecule has 14 heavy (non-hydrogen) atoms. The first-order valence-corrected chi connectivity index (χ1v) is 4.82. The highest BCUT2D eigenvalue weighted by molar-refractivity contribution is 5.30. The maximum Gasteiger partial charge on any atom is 0.119 e. The average Bonchev–Trinajstić information content (AvgIpc) is 2.10. The SMILES string of the molecule is OCCN(CCO)CCOC1=CC=C1. The second-order valence-corrected chi connectivity index (χ2v) is 3.07. The molecule has 0 spiro atoms. The van der Waals surface area contributed by atoms with Gasteiger partial charge in [-0.25, -0.2) is 0 Å². The van der Waals surface area contributed by atoms with Crippen LogP contribution < -0.4 is 0 Å². The van der Waals surface area contributed by atoms with Gasteiger partial charge in [0.15, 0.2) is 0 Å². The molecule has 1 rings (SSSR count). The Kier molecular flexibility index (Phi) is 5.29. The summed E-state index contributed by atoms with van der Waals surface area (Å²) in [4.78, 5) is 1.96. The molecule has 0 saturated heterocycles. The van der Waals surface area contributed by atoms with Crippen molar-refractivity contribution in [3.05, 3.63) is 24.0 Å². The number of hydrogen-bond acceptors (Lipinski definition) is 4. The van der Waals surface area contributed by atoms with Gasteiger partial charge in [0.2, 0.25) is 0 Å². The minimum absolute atomic E-state index is 0.114. The standard InChI is InChI=1S/C10H17NO3/c12-7-4-11(5-8-13)6-9-14-10-2-1-3-10/h1-3,12-13H,4-9H2. The lowest BCUT2D eigenvalue weighted by atomic mass is 10.2. The zero-order chi connectivity index (χ0) is 10.2. The summed E-state index contributed by atoms with van der Waals surface area (Å²) in [6, 6.07) is 0. The highest BCUT2D eigenvalue weighted by Gasteiger charge is 2.04. The third-order valence-electron chi connectivity index (χ3n) is 2.03. The molecule has 0 saturated carbocycles. The molecule has 0 aromatic carbocycles. The van der Waals surface area contributed by atoms with Crippen molar-refractivity contribution in [3.63, 3.8) is 0 Å². The Morgan fingerprint density at radius 3 is 2.21 bits per heavy atom. The predicted octanol–water partition coefficient (Wildman–Crippen LogP) is -0.257. The molecule has 4 heteroatoms. The van der Waals surface area contributed by atoms with Crippen molar-refractivity contribution in [2.24, 2.45) is 0 Å². The third-order valence-corrected chi connectivity index (χ3v) is 2.03. The Labute approximate surface area is 84.1 Å². The van der Waals surface area contributed by atoms with Crippen molar-refractivity contribution in [2.45, 2.75) is 0 Å². The second kappa shape index (κ2) is 6.59. The average molecular weight is 199 g/mol. The molecular formula is C10H17NO3. The van der Waals surface area contributed by atoms with Gasteiger partial charge in [-0.1, -0.05) is 6.08 Å². The highest BCUT2D eigenvalue weighted by atomic mass is 16.5. The van der Waals surface area contributed by atoms with Gasteiger partial charge in [0.25, 0.3) is 0 Å². The number of nitrogens with zero attached hydrogens (tertiary/aromatic N) is 1. The third kappa shape index (κ3) is 3.91. The van der Waals surface area contributed by atoms with E-state index < -0.39 is 0 Å². The van der Waals surface area contributed by atoms with Crippen LogP contribution in [0.2, 0.25) is 0 Å². The lowest BCUT2D eigenvalue weighted by Gasteiger charge is -2.20. The molecule has 0 atom stereocenters. The first-order chi connectivity index (χ1) is 6.86. The van der Waals surface area contributed by atoms with Gasteiger partial charge in [-0.2, -0.15) is 0 Å². The Morgan fingerprint density at radius 1 is 1.14 bits per heavy atom. The first kappa shape index (κ1) is 11.2. The monoisotopic (exact) mass is 199 g/mol. The minimum Gasteiger partial charge on any atom is -0.492 e. The van der Waals surface area contributed by atoms with Crippen LogP contribution in [0.5, 0.6) is 0 Å². The van der Waals surface area contributed by atoms with E-state index in [-0.39, 0.29) is 13.2 Å². The molecule has 0 heterocycles. The fourth-order valence-corrected chi connectivity index (χ4v) is 1.18. The molecule has 1 aliphatic rings. The summed E-state index contributed by atoms with van der Waals surface area (Å²) in [6.07, 6.45) is 5.74. The molecule has 2 N–H and O–H groups in total. The van der Waals surface area contributed by atoms with E-state index >= 15 is 0 Å². The molecule has 0 unspecified atom stereocenters. The molecule has 1 aliphatic carbocycles.